The summed E-state index contributed by atoms with van der Waals surface area (Å²) in [5.41, 5.74) is 0. The number of hydrogen-bond donors (Lipinski definition) is 2. The molecule has 0 aliphatic carbocycles. The fourth-order valence-electron chi connectivity index (χ4n) is 1.53. The number of rotatable bonds is 6. The second-order valence-electron chi connectivity index (χ2n) is 4.60. The lowest BCUT2D eigenvalue weighted by molar-refractivity contribution is -0.123. The van der Waals surface area contributed by atoms with Crippen molar-refractivity contribution in [3.05, 3.63) is 30.6 Å². The highest BCUT2D eigenvalue weighted by Gasteiger charge is 2.05. The average molecular weight is 274 g/mol. The van der Waals surface area contributed by atoms with Gasteiger partial charge in [0.15, 0.2) is 5.82 Å². The van der Waals surface area contributed by atoms with Gasteiger partial charge in [0.25, 0.3) is 0 Å². The average Bonchev–Trinajstić information content (AvgIpc) is 2.98. The number of aromatic nitrogens is 4. The van der Waals surface area contributed by atoms with Crippen LogP contribution < -0.4 is 10.6 Å². The van der Waals surface area contributed by atoms with Crippen molar-refractivity contribution in [1.29, 1.82) is 0 Å². The molecular formula is C13H18N6O. The molecule has 0 saturated carbocycles. The van der Waals surface area contributed by atoms with Gasteiger partial charge in [0.05, 0.1) is 0 Å². The van der Waals surface area contributed by atoms with Gasteiger partial charge in [-0.15, -0.1) is 10.2 Å². The van der Waals surface area contributed by atoms with Crippen LogP contribution in [0.15, 0.2) is 30.6 Å². The van der Waals surface area contributed by atoms with Gasteiger partial charge in [0.2, 0.25) is 5.91 Å². The molecule has 0 saturated heterocycles. The van der Waals surface area contributed by atoms with Crippen LogP contribution >= 0.6 is 0 Å². The summed E-state index contributed by atoms with van der Waals surface area (Å²) in [4.78, 5) is 11.4. The third-order valence-corrected chi connectivity index (χ3v) is 2.64. The van der Waals surface area contributed by atoms with Crippen LogP contribution in [0.5, 0.6) is 0 Å². The van der Waals surface area contributed by atoms with Crippen LogP contribution in [0.4, 0.5) is 5.82 Å². The zero-order chi connectivity index (χ0) is 14.4. The van der Waals surface area contributed by atoms with Crippen LogP contribution in [0.2, 0.25) is 0 Å². The number of anilines is 1. The number of amides is 1. The van der Waals surface area contributed by atoms with Crippen molar-refractivity contribution < 1.29 is 4.79 Å². The zero-order valence-corrected chi connectivity index (χ0v) is 11.6. The third kappa shape index (κ3) is 3.78. The Morgan fingerprint density at radius 1 is 1.30 bits per heavy atom. The first-order valence-electron chi connectivity index (χ1n) is 6.52. The van der Waals surface area contributed by atoms with Crippen LogP contribution in [0.1, 0.15) is 13.8 Å². The van der Waals surface area contributed by atoms with Crippen molar-refractivity contribution in [1.82, 2.24) is 25.3 Å². The zero-order valence-electron chi connectivity index (χ0n) is 11.6. The van der Waals surface area contributed by atoms with E-state index in [2.05, 4.69) is 25.9 Å². The molecule has 2 rings (SSSR count). The lowest BCUT2D eigenvalue weighted by Crippen LogP contribution is -2.32. The van der Waals surface area contributed by atoms with Gasteiger partial charge in [0.1, 0.15) is 5.82 Å². The minimum absolute atomic E-state index is 0.00291. The Hall–Kier alpha value is -2.44. The maximum absolute atomic E-state index is 11.4. The van der Waals surface area contributed by atoms with Gasteiger partial charge in [-0.25, -0.2) is 4.68 Å². The summed E-state index contributed by atoms with van der Waals surface area (Å²) >= 11 is 0. The van der Waals surface area contributed by atoms with Crippen molar-refractivity contribution >= 4 is 11.7 Å². The highest BCUT2D eigenvalue weighted by molar-refractivity contribution is 5.77. The summed E-state index contributed by atoms with van der Waals surface area (Å²) in [6, 6.07) is 5.48. The van der Waals surface area contributed by atoms with Crippen molar-refractivity contribution in [2.75, 3.05) is 18.4 Å². The van der Waals surface area contributed by atoms with E-state index in [9.17, 15) is 4.79 Å². The summed E-state index contributed by atoms with van der Waals surface area (Å²) in [7, 11) is 0. The maximum atomic E-state index is 11.4. The monoisotopic (exact) mass is 274 g/mol. The molecule has 0 unspecified atom stereocenters. The molecule has 0 aromatic carbocycles. The highest BCUT2D eigenvalue weighted by atomic mass is 16.1. The van der Waals surface area contributed by atoms with Crippen LogP contribution in [-0.4, -0.2) is 39.0 Å². The molecule has 2 heterocycles. The number of hydrogen-bond acceptors (Lipinski definition) is 5. The summed E-state index contributed by atoms with van der Waals surface area (Å²) in [5.74, 6) is 1.38. The number of carbonyl (C=O) groups is 1. The van der Waals surface area contributed by atoms with Crippen molar-refractivity contribution in [3.63, 3.8) is 0 Å². The normalized spacial score (nSPS) is 10.6. The molecular weight excluding hydrogens is 256 g/mol. The maximum Gasteiger partial charge on any atom is 0.222 e. The summed E-state index contributed by atoms with van der Waals surface area (Å²) in [6.45, 7) is 4.89. The van der Waals surface area contributed by atoms with Crippen LogP contribution in [-0.2, 0) is 4.79 Å². The smallest absolute Gasteiger partial charge is 0.222 e. The molecule has 0 radical (unpaired) electrons. The molecule has 0 spiro atoms. The van der Waals surface area contributed by atoms with Crippen molar-refractivity contribution in [3.8, 4) is 5.82 Å². The van der Waals surface area contributed by atoms with Gasteiger partial charge >= 0.3 is 0 Å². The molecule has 7 nitrogen and oxygen atoms in total. The first-order valence-corrected chi connectivity index (χ1v) is 6.52. The third-order valence-electron chi connectivity index (χ3n) is 2.64. The molecule has 106 valence electrons. The molecule has 0 bridgehead atoms. The lowest BCUT2D eigenvalue weighted by Gasteiger charge is -2.09. The molecule has 20 heavy (non-hydrogen) atoms. The van der Waals surface area contributed by atoms with E-state index in [-0.39, 0.29) is 11.8 Å². The second-order valence-corrected chi connectivity index (χ2v) is 4.60. The highest BCUT2D eigenvalue weighted by Crippen LogP contribution is 2.04. The van der Waals surface area contributed by atoms with Crippen LogP contribution in [0, 0.1) is 5.92 Å². The Morgan fingerprint density at radius 2 is 2.15 bits per heavy atom. The first-order chi connectivity index (χ1) is 9.66. The summed E-state index contributed by atoms with van der Waals surface area (Å²) in [6.07, 6.45) is 3.49. The molecule has 7 heteroatoms. The lowest BCUT2D eigenvalue weighted by atomic mass is 10.2. The standard InChI is InChI=1S/C13H18N6O/c1-10(2)13(20)15-8-7-14-11-4-5-12(18-17-11)19-9-3-6-16-19/h3-6,9-10H,7-8H2,1-2H3,(H,14,17)(H,15,20). The van der Waals surface area contributed by atoms with Crippen LogP contribution in [0.25, 0.3) is 5.82 Å². The summed E-state index contributed by atoms with van der Waals surface area (Å²) < 4.78 is 1.64. The van der Waals surface area contributed by atoms with Gasteiger partial charge in [0, 0.05) is 31.4 Å². The molecule has 2 aromatic heterocycles. The predicted octanol–water partition coefficient (Wildman–Crippen LogP) is 0.846. The molecule has 1 amide bonds. The molecule has 2 aromatic rings. The van der Waals surface area contributed by atoms with Gasteiger partial charge in [-0.2, -0.15) is 5.10 Å². The van der Waals surface area contributed by atoms with Crippen LogP contribution in [0.3, 0.4) is 0 Å². The number of nitrogens with one attached hydrogen (secondary N) is 2. The Kier molecular flexibility index (Phi) is 4.65. The molecule has 0 aliphatic heterocycles. The van der Waals surface area contributed by atoms with Gasteiger partial charge in [-0.1, -0.05) is 13.8 Å². The Balaban J connectivity index is 1.78. The Bertz CT molecular complexity index is 534. The van der Waals surface area contributed by atoms with E-state index >= 15 is 0 Å². The molecule has 2 N–H and O–H groups in total. The summed E-state index contributed by atoms with van der Waals surface area (Å²) in [5, 5.41) is 18.1. The predicted molar refractivity (Wildman–Crippen MR) is 75.5 cm³/mol. The number of carbonyl (C=O) groups excluding carboxylic acids is 1. The molecule has 0 aliphatic rings. The van der Waals surface area contributed by atoms with E-state index in [1.807, 2.05) is 32.0 Å². The fourth-order valence-corrected chi connectivity index (χ4v) is 1.53. The van der Waals surface area contributed by atoms with E-state index < -0.39 is 0 Å². The molecule has 0 atom stereocenters. The Morgan fingerprint density at radius 3 is 2.75 bits per heavy atom. The first kappa shape index (κ1) is 14.0. The SMILES string of the molecule is CC(C)C(=O)NCCNc1ccc(-n2cccn2)nn1. The van der Waals surface area contributed by atoms with Gasteiger partial charge < -0.3 is 10.6 Å². The van der Waals surface area contributed by atoms with E-state index in [1.54, 1.807) is 17.1 Å². The van der Waals surface area contributed by atoms with Gasteiger partial charge in [-0.05, 0) is 18.2 Å². The minimum Gasteiger partial charge on any atom is -0.367 e. The van der Waals surface area contributed by atoms with E-state index in [4.69, 9.17) is 0 Å². The fraction of sp³-hybridized carbons (Fsp3) is 0.385. The second kappa shape index (κ2) is 6.65. The van der Waals surface area contributed by atoms with E-state index in [0.717, 1.165) is 0 Å². The van der Waals surface area contributed by atoms with E-state index in [1.165, 1.54) is 0 Å². The quantitative estimate of drug-likeness (QED) is 0.763. The van der Waals surface area contributed by atoms with Crippen molar-refractivity contribution in [2.24, 2.45) is 5.92 Å². The largest absolute Gasteiger partial charge is 0.367 e. The minimum atomic E-state index is 0.00291. The number of nitrogens with zero attached hydrogens (tertiary/aromatic N) is 4. The topological polar surface area (TPSA) is 84.7 Å². The van der Waals surface area contributed by atoms with Gasteiger partial charge in [-0.3, -0.25) is 4.79 Å². The molecule has 0 fully saturated rings. The Labute approximate surface area is 117 Å². The van der Waals surface area contributed by atoms with E-state index in [0.29, 0.717) is 24.7 Å². The van der Waals surface area contributed by atoms with Crippen molar-refractivity contribution in [2.45, 2.75) is 13.8 Å².